The fourth-order valence-electron chi connectivity index (χ4n) is 2.13. The van der Waals surface area contributed by atoms with Crippen LogP contribution in [0, 0.1) is 3.57 Å². The molecule has 2 N–H and O–H groups in total. The molecule has 1 aromatic carbocycles. The molecule has 0 aromatic heterocycles. The van der Waals surface area contributed by atoms with Gasteiger partial charge in [-0.25, -0.2) is 0 Å². The predicted octanol–water partition coefficient (Wildman–Crippen LogP) is 3.12. The third-order valence-electron chi connectivity index (χ3n) is 2.97. The highest BCUT2D eigenvalue weighted by Crippen LogP contribution is 2.23. The van der Waals surface area contributed by atoms with Crippen LogP contribution in [0.15, 0.2) is 18.2 Å². The van der Waals surface area contributed by atoms with Gasteiger partial charge in [0.25, 0.3) is 0 Å². The van der Waals surface area contributed by atoms with Crippen LogP contribution in [0.2, 0.25) is 5.02 Å². The molecule has 100 valence electrons. The van der Waals surface area contributed by atoms with Crippen LogP contribution in [0.25, 0.3) is 0 Å². The zero-order valence-electron chi connectivity index (χ0n) is 10.4. The summed E-state index contributed by atoms with van der Waals surface area (Å²) in [5, 5.41) is 7.77. The molecule has 0 spiro atoms. The Kier molecular flexibility index (Phi) is 5.54. The van der Waals surface area contributed by atoms with Crippen LogP contribution in [0.1, 0.15) is 13.3 Å². The first-order chi connectivity index (χ1) is 8.65. The molecule has 2 atom stereocenters. The minimum Gasteiger partial charge on any atom is -0.382 e. The number of benzene rings is 1. The zero-order valence-corrected chi connectivity index (χ0v) is 13.3. The van der Waals surface area contributed by atoms with Gasteiger partial charge in [-0.2, -0.15) is 0 Å². The summed E-state index contributed by atoms with van der Waals surface area (Å²) in [4.78, 5) is 0. The Morgan fingerprint density at radius 2 is 2.44 bits per heavy atom. The summed E-state index contributed by atoms with van der Waals surface area (Å²) >= 11 is 8.25. The van der Waals surface area contributed by atoms with E-state index in [1.54, 1.807) is 0 Å². The van der Waals surface area contributed by atoms with Crippen molar-refractivity contribution in [1.29, 1.82) is 0 Å². The summed E-state index contributed by atoms with van der Waals surface area (Å²) in [5.74, 6) is 0. The molecule has 1 aromatic rings. The number of hydrogen-bond donors (Lipinski definition) is 2. The first-order valence-electron chi connectivity index (χ1n) is 6.18. The van der Waals surface area contributed by atoms with Crippen LogP contribution in [-0.4, -0.2) is 31.8 Å². The fourth-order valence-corrected chi connectivity index (χ4v) is 3.16. The van der Waals surface area contributed by atoms with Crippen LogP contribution < -0.4 is 10.6 Å². The van der Waals surface area contributed by atoms with Gasteiger partial charge in [-0.1, -0.05) is 11.6 Å². The average Bonchev–Trinajstić information content (AvgIpc) is 2.34. The second kappa shape index (κ2) is 6.93. The normalized spacial score (nSPS) is 21.6. The summed E-state index contributed by atoms with van der Waals surface area (Å²) in [6.45, 7) is 4.79. The molecule has 5 heteroatoms. The monoisotopic (exact) mass is 380 g/mol. The van der Waals surface area contributed by atoms with Gasteiger partial charge in [0.1, 0.15) is 0 Å². The van der Waals surface area contributed by atoms with E-state index in [0.717, 1.165) is 40.5 Å². The predicted molar refractivity (Wildman–Crippen MR) is 84.5 cm³/mol. The molecule has 3 nitrogen and oxygen atoms in total. The lowest BCUT2D eigenvalue weighted by atomic mass is 10.1. The van der Waals surface area contributed by atoms with Crippen molar-refractivity contribution in [2.24, 2.45) is 0 Å². The topological polar surface area (TPSA) is 33.3 Å². The van der Waals surface area contributed by atoms with Crippen molar-refractivity contribution < 1.29 is 4.74 Å². The Labute approximate surface area is 127 Å². The third kappa shape index (κ3) is 4.26. The summed E-state index contributed by atoms with van der Waals surface area (Å²) in [7, 11) is 0. The molecule has 18 heavy (non-hydrogen) atoms. The fraction of sp³-hybridized carbons (Fsp3) is 0.538. The Bertz CT molecular complexity index is 397. The maximum atomic E-state index is 5.95. The summed E-state index contributed by atoms with van der Waals surface area (Å²) in [6, 6.07) is 6.77. The van der Waals surface area contributed by atoms with E-state index in [0.29, 0.717) is 12.1 Å². The van der Waals surface area contributed by atoms with Crippen molar-refractivity contribution in [3.05, 3.63) is 26.8 Å². The van der Waals surface area contributed by atoms with Crippen molar-refractivity contribution in [3.8, 4) is 0 Å². The molecule has 0 aliphatic carbocycles. The van der Waals surface area contributed by atoms with E-state index < -0.39 is 0 Å². The van der Waals surface area contributed by atoms with Crippen molar-refractivity contribution in [2.75, 3.05) is 25.1 Å². The van der Waals surface area contributed by atoms with Crippen molar-refractivity contribution in [1.82, 2.24) is 5.32 Å². The maximum absolute atomic E-state index is 5.95. The van der Waals surface area contributed by atoms with Crippen molar-refractivity contribution >= 4 is 39.9 Å². The van der Waals surface area contributed by atoms with Gasteiger partial charge >= 0.3 is 0 Å². The molecular formula is C13H18ClIN2O. The molecule has 1 aliphatic heterocycles. The van der Waals surface area contributed by atoms with Gasteiger partial charge in [-0.15, -0.1) is 0 Å². The lowest BCUT2D eigenvalue weighted by Crippen LogP contribution is -2.43. The van der Waals surface area contributed by atoms with Crippen molar-refractivity contribution in [2.45, 2.75) is 25.4 Å². The van der Waals surface area contributed by atoms with Gasteiger partial charge in [0.05, 0.1) is 13.2 Å². The zero-order chi connectivity index (χ0) is 13.0. The molecule has 2 unspecified atom stereocenters. The van der Waals surface area contributed by atoms with E-state index >= 15 is 0 Å². The van der Waals surface area contributed by atoms with Crippen LogP contribution in [0.5, 0.6) is 0 Å². The van der Waals surface area contributed by atoms with E-state index in [4.69, 9.17) is 16.3 Å². The first-order valence-corrected chi connectivity index (χ1v) is 7.63. The number of hydrogen-bond acceptors (Lipinski definition) is 3. The largest absolute Gasteiger partial charge is 0.382 e. The van der Waals surface area contributed by atoms with Gasteiger partial charge in [0, 0.05) is 32.9 Å². The van der Waals surface area contributed by atoms with E-state index in [1.165, 1.54) is 0 Å². The molecule has 0 radical (unpaired) electrons. The lowest BCUT2D eigenvalue weighted by molar-refractivity contribution is 0.0731. The highest BCUT2D eigenvalue weighted by molar-refractivity contribution is 14.1. The summed E-state index contributed by atoms with van der Waals surface area (Å²) in [5.41, 5.74) is 1.14. The van der Waals surface area contributed by atoms with E-state index in [-0.39, 0.29) is 0 Å². The highest BCUT2D eigenvalue weighted by atomic mass is 127. The highest BCUT2D eigenvalue weighted by Gasteiger charge is 2.16. The molecule has 0 saturated carbocycles. The first kappa shape index (κ1) is 14.4. The number of ether oxygens (including phenoxy) is 1. The molecule has 1 heterocycles. The minimum absolute atomic E-state index is 0.402. The standard InChI is InChI=1S/C13H18ClIN2O/c1-9(6-11-8-18-5-4-16-11)17-13-3-2-10(14)7-12(13)15/h2-3,7,9,11,16-17H,4-6,8H2,1H3. The van der Waals surface area contributed by atoms with Crippen molar-refractivity contribution in [3.63, 3.8) is 0 Å². The smallest absolute Gasteiger partial charge is 0.0621 e. The molecule has 0 bridgehead atoms. The van der Waals surface area contributed by atoms with Gasteiger partial charge in [-0.3, -0.25) is 0 Å². The van der Waals surface area contributed by atoms with Gasteiger partial charge in [0.15, 0.2) is 0 Å². The molecule has 1 saturated heterocycles. The Hall–Kier alpha value is -0.0400. The van der Waals surface area contributed by atoms with Crippen LogP contribution >= 0.6 is 34.2 Å². The minimum atomic E-state index is 0.402. The number of nitrogens with one attached hydrogen (secondary N) is 2. The Morgan fingerprint density at radius 3 is 3.11 bits per heavy atom. The van der Waals surface area contributed by atoms with Gasteiger partial charge in [0.2, 0.25) is 0 Å². The van der Waals surface area contributed by atoms with E-state index in [9.17, 15) is 0 Å². The molecule has 0 amide bonds. The van der Waals surface area contributed by atoms with E-state index in [2.05, 4.69) is 40.1 Å². The number of morpholine rings is 1. The van der Waals surface area contributed by atoms with Crippen LogP contribution in [-0.2, 0) is 4.74 Å². The number of halogens is 2. The number of rotatable bonds is 4. The summed E-state index contributed by atoms with van der Waals surface area (Å²) in [6.07, 6.45) is 1.05. The Balaban J connectivity index is 1.87. The van der Waals surface area contributed by atoms with Crippen LogP contribution in [0.4, 0.5) is 5.69 Å². The molecule has 2 rings (SSSR count). The molecular weight excluding hydrogens is 363 g/mol. The van der Waals surface area contributed by atoms with E-state index in [1.807, 2.05) is 18.2 Å². The SMILES string of the molecule is CC(CC1COCCN1)Nc1ccc(Cl)cc1I. The maximum Gasteiger partial charge on any atom is 0.0621 e. The average molecular weight is 381 g/mol. The van der Waals surface area contributed by atoms with Gasteiger partial charge in [-0.05, 0) is 54.1 Å². The second-order valence-corrected chi connectivity index (χ2v) is 6.23. The quantitative estimate of drug-likeness (QED) is 0.788. The Morgan fingerprint density at radius 1 is 1.61 bits per heavy atom. The molecule has 1 aliphatic rings. The third-order valence-corrected chi connectivity index (χ3v) is 4.10. The van der Waals surface area contributed by atoms with Gasteiger partial charge < -0.3 is 15.4 Å². The summed E-state index contributed by atoms with van der Waals surface area (Å²) < 4.78 is 6.62. The second-order valence-electron chi connectivity index (χ2n) is 4.63. The van der Waals surface area contributed by atoms with Crippen LogP contribution in [0.3, 0.4) is 0 Å². The lowest BCUT2D eigenvalue weighted by Gasteiger charge is -2.27. The number of anilines is 1. The molecule has 1 fully saturated rings.